The van der Waals surface area contributed by atoms with Crippen LogP contribution in [0, 0.1) is 5.82 Å². The maximum atomic E-state index is 13.6. The van der Waals surface area contributed by atoms with Crippen LogP contribution in [0.1, 0.15) is 5.69 Å². The molecule has 0 unspecified atom stereocenters. The van der Waals surface area contributed by atoms with Gasteiger partial charge in [-0.15, -0.1) is 0 Å². The number of rotatable bonds is 5. The number of hydrogen-bond donors (Lipinski definition) is 0. The SMILES string of the molecule is O=COCCc1cc(-c2cc(Cl)ccc2F)on1. The second kappa shape index (κ2) is 5.64. The molecule has 18 heavy (non-hydrogen) atoms. The summed E-state index contributed by atoms with van der Waals surface area (Å²) >= 11 is 5.79. The fraction of sp³-hybridized carbons (Fsp3) is 0.167. The van der Waals surface area contributed by atoms with E-state index in [2.05, 4.69) is 9.89 Å². The summed E-state index contributed by atoms with van der Waals surface area (Å²) in [6.07, 6.45) is 0.407. The van der Waals surface area contributed by atoms with Gasteiger partial charge in [0.05, 0.1) is 17.9 Å². The number of ether oxygens (including phenoxy) is 1. The molecule has 0 saturated carbocycles. The Morgan fingerprint density at radius 3 is 3.06 bits per heavy atom. The number of aromatic nitrogens is 1. The molecule has 0 atom stereocenters. The highest BCUT2D eigenvalue weighted by Crippen LogP contribution is 2.26. The Labute approximate surface area is 107 Å². The highest BCUT2D eigenvalue weighted by Gasteiger charge is 2.12. The summed E-state index contributed by atoms with van der Waals surface area (Å²) in [4.78, 5) is 9.97. The Hall–Kier alpha value is -1.88. The lowest BCUT2D eigenvalue weighted by molar-refractivity contribution is -0.128. The van der Waals surface area contributed by atoms with E-state index in [0.29, 0.717) is 23.6 Å². The van der Waals surface area contributed by atoms with Crippen molar-refractivity contribution >= 4 is 18.1 Å². The van der Waals surface area contributed by atoms with E-state index >= 15 is 0 Å². The van der Waals surface area contributed by atoms with Crippen molar-refractivity contribution in [2.45, 2.75) is 6.42 Å². The zero-order chi connectivity index (χ0) is 13.0. The highest BCUT2D eigenvalue weighted by molar-refractivity contribution is 6.30. The number of benzene rings is 1. The van der Waals surface area contributed by atoms with Gasteiger partial charge in [-0.25, -0.2) is 4.39 Å². The van der Waals surface area contributed by atoms with Crippen molar-refractivity contribution in [2.75, 3.05) is 6.61 Å². The monoisotopic (exact) mass is 269 g/mol. The van der Waals surface area contributed by atoms with Crippen molar-refractivity contribution in [1.82, 2.24) is 5.16 Å². The van der Waals surface area contributed by atoms with E-state index in [0.717, 1.165) is 0 Å². The molecular formula is C12H9ClFNO3. The van der Waals surface area contributed by atoms with Crippen LogP contribution in [0.3, 0.4) is 0 Å². The topological polar surface area (TPSA) is 52.3 Å². The van der Waals surface area contributed by atoms with E-state index in [1.54, 1.807) is 6.07 Å². The van der Waals surface area contributed by atoms with E-state index in [4.69, 9.17) is 16.1 Å². The van der Waals surface area contributed by atoms with Gasteiger partial charge in [0.25, 0.3) is 6.47 Å². The van der Waals surface area contributed by atoms with E-state index in [-0.39, 0.29) is 17.9 Å². The third-order valence-electron chi connectivity index (χ3n) is 2.30. The Kier molecular flexibility index (Phi) is 3.94. The van der Waals surface area contributed by atoms with Crippen LogP contribution in [0.2, 0.25) is 5.02 Å². The van der Waals surface area contributed by atoms with Crippen molar-refractivity contribution < 1.29 is 18.4 Å². The summed E-state index contributed by atoms with van der Waals surface area (Å²) in [6, 6.07) is 5.76. The maximum absolute atomic E-state index is 13.6. The third kappa shape index (κ3) is 2.87. The Balaban J connectivity index is 2.18. The van der Waals surface area contributed by atoms with Crippen molar-refractivity contribution in [3.8, 4) is 11.3 Å². The van der Waals surface area contributed by atoms with Gasteiger partial charge in [0, 0.05) is 17.5 Å². The van der Waals surface area contributed by atoms with Crippen molar-refractivity contribution in [3.63, 3.8) is 0 Å². The molecule has 0 aliphatic carbocycles. The second-order valence-corrected chi connectivity index (χ2v) is 3.96. The molecular weight excluding hydrogens is 261 g/mol. The summed E-state index contributed by atoms with van der Waals surface area (Å²) in [7, 11) is 0. The first-order valence-electron chi connectivity index (χ1n) is 5.17. The smallest absolute Gasteiger partial charge is 0.293 e. The number of carbonyl (C=O) groups excluding carboxylic acids is 1. The lowest BCUT2D eigenvalue weighted by Crippen LogP contribution is -1.96. The molecule has 0 bridgehead atoms. The zero-order valence-corrected chi connectivity index (χ0v) is 9.98. The fourth-order valence-corrected chi connectivity index (χ4v) is 1.63. The van der Waals surface area contributed by atoms with Gasteiger partial charge in [-0.2, -0.15) is 0 Å². The lowest BCUT2D eigenvalue weighted by atomic mass is 10.1. The molecule has 94 valence electrons. The summed E-state index contributed by atoms with van der Waals surface area (Å²) in [5.41, 5.74) is 0.823. The van der Waals surface area contributed by atoms with Gasteiger partial charge < -0.3 is 9.26 Å². The average molecular weight is 270 g/mol. The van der Waals surface area contributed by atoms with Crippen molar-refractivity contribution in [2.24, 2.45) is 0 Å². The molecule has 1 aromatic carbocycles. The predicted octanol–water partition coefficient (Wildman–Crippen LogP) is 2.85. The molecule has 1 heterocycles. The molecule has 2 aromatic rings. The molecule has 0 aliphatic heterocycles. The van der Waals surface area contributed by atoms with Crippen LogP contribution in [0.15, 0.2) is 28.8 Å². The van der Waals surface area contributed by atoms with E-state index in [1.807, 2.05) is 0 Å². The molecule has 0 N–H and O–H groups in total. The summed E-state index contributed by atoms with van der Waals surface area (Å²) in [6.45, 7) is 0.561. The van der Waals surface area contributed by atoms with Crippen LogP contribution in [0.4, 0.5) is 4.39 Å². The van der Waals surface area contributed by atoms with Gasteiger partial charge in [-0.1, -0.05) is 16.8 Å². The first kappa shape index (κ1) is 12.6. The summed E-state index contributed by atoms with van der Waals surface area (Å²) in [5, 5.41) is 4.17. The minimum Gasteiger partial charge on any atom is -0.467 e. The Morgan fingerprint density at radius 1 is 1.44 bits per heavy atom. The molecule has 1 aromatic heterocycles. The average Bonchev–Trinajstić information content (AvgIpc) is 2.81. The van der Waals surface area contributed by atoms with E-state index < -0.39 is 5.82 Å². The van der Waals surface area contributed by atoms with Gasteiger partial charge in [0.2, 0.25) is 0 Å². The highest BCUT2D eigenvalue weighted by atomic mass is 35.5. The van der Waals surface area contributed by atoms with Crippen LogP contribution in [-0.2, 0) is 16.0 Å². The number of halogens is 2. The number of nitrogens with zero attached hydrogens (tertiary/aromatic N) is 1. The molecule has 0 radical (unpaired) electrons. The van der Waals surface area contributed by atoms with Crippen molar-refractivity contribution in [1.29, 1.82) is 0 Å². The van der Waals surface area contributed by atoms with Gasteiger partial charge in [-0.3, -0.25) is 4.79 Å². The molecule has 0 fully saturated rings. The van der Waals surface area contributed by atoms with E-state index in [9.17, 15) is 9.18 Å². The molecule has 0 amide bonds. The Morgan fingerprint density at radius 2 is 2.28 bits per heavy atom. The van der Waals surface area contributed by atoms with Crippen LogP contribution in [0.5, 0.6) is 0 Å². The van der Waals surface area contributed by atoms with Crippen LogP contribution in [0.25, 0.3) is 11.3 Å². The molecule has 2 rings (SSSR count). The predicted molar refractivity (Wildman–Crippen MR) is 62.6 cm³/mol. The molecule has 0 spiro atoms. The van der Waals surface area contributed by atoms with Crippen LogP contribution in [-0.4, -0.2) is 18.2 Å². The molecule has 4 nitrogen and oxygen atoms in total. The Bertz CT molecular complexity index is 556. The van der Waals surface area contributed by atoms with Crippen LogP contribution < -0.4 is 0 Å². The minimum atomic E-state index is -0.439. The molecule has 6 heteroatoms. The minimum absolute atomic E-state index is 0.202. The normalized spacial score (nSPS) is 10.3. The van der Waals surface area contributed by atoms with Gasteiger partial charge >= 0.3 is 0 Å². The first-order valence-corrected chi connectivity index (χ1v) is 5.55. The second-order valence-electron chi connectivity index (χ2n) is 3.52. The van der Waals surface area contributed by atoms with Gasteiger partial charge in [0.15, 0.2) is 5.76 Å². The quantitative estimate of drug-likeness (QED) is 0.619. The van der Waals surface area contributed by atoms with Gasteiger partial charge in [0.1, 0.15) is 5.82 Å². The molecule has 0 saturated heterocycles. The standard InChI is InChI=1S/C12H9ClFNO3/c13-8-1-2-11(14)10(5-8)12-6-9(15-18-12)3-4-17-7-16/h1-2,5-7H,3-4H2. The molecule has 0 aliphatic rings. The fourth-order valence-electron chi connectivity index (χ4n) is 1.45. The first-order chi connectivity index (χ1) is 8.70. The summed E-state index contributed by atoms with van der Waals surface area (Å²) < 4.78 is 23.1. The van der Waals surface area contributed by atoms with E-state index in [1.165, 1.54) is 18.2 Å². The van der Waals surface area contributed by atoms with Gasteiger partial charge in [-0.05, 0) is 18.2 Å². The van der Waals surface area contributed by atoms with Crippen LogP contribution >= 0.6 is 11.6 Å². The largest absolute Gasteiger partial charge is 0.467 e. The maximum Gasteiger partial charge on any atom is 0.293 e. The summed E-state index contributed by atoms with van der Waals surface area (Å²) in [5.74, 6) is -0.151. The van der Waals surface area contributed by atoms with Crippen molar-refractivity contribution in [3.05, 3.63) is 40.8 Å². The lowest BCUT2D eigenvalue weighted by Gasteiger charge is -1.98. The number of carbonyl (C=O) groups is 1. The zero-order valence-electron chi connectivity index (χ0n) is 9.23. The number of hydrogen-bond acceptors (Lipinski definition) is 4. The third-order valence-corrected chi connectivity index (χ3v) is 2.53.